The Morgan fingerprint density at radius 2 is 1.92 bits per heavy atom. The lowest BCUT2D eigenvalue weighted by atomic mass is 9.97. The summed E-state index contributed by atoms with van der Waals surface area (Å²) in [6.45, 7) is 1.02. The minimum atomic E-state index is -0.768. The first kappa shape index (κ1) is 16.2. The molecule has 0 bridgehead atoms. The summed E-state index contributed by atoms with van der Waals surface area (Å²) in [7, 11) is 0. The third-order valence-corrected chi connectivity index (χ3v) is 4.36. The molecule has 1 fully saturated rings. The van der Waals surface area contributed by atoms with E-state index in [-0.39, 0.29) is 11.8 Å². The zero-order chi connectivity index (χ0) is 16.9. The van der Waals surface area contributed by atoms with Crippen LogP contribution in [-0.4, -0.2) is 40.0 Å². The topological polar surface area (TPSA) is 83.6 Å². The molecule has 2 heterocycles. The van der Waals surface area contributed by atoms with Crippen LogP contribution in [0.2, 0.25) is 0 Å². The van der Waals surface area contributed by atoms with Crippen LogP contribution in [0.5, 0.6) is 0 Å². The van der Waals surface area contributed by atoms with Gasteiger partial charge in [-0.2, -0.15) is 0 Å². The maximum atomic E-state index is 12.2. The molecular formula is C18H20N2O4. The smallest absolute Gasteiger partial charge is 0.306 e. The van der Waals surface area contributed by atoms with E-state index < -0.39 is 5.97 Å². The van der Waals surface area contributed by atoms with Gasteiger partial charge >= 0.3 is 5.97 Å². The van der Waals surface area contributed by atoms with E-state index in [9.17, 15) is 9.59 Å². The van der Waals surface area contributed by atoms with Gasteiger partial charge in [0.1, 0.15) is 0 Å². The monoisotopic (exact) mass is 328 g/mol. The van der Waals surface area contributed by atoms with Gasteiger partial charge in [0.25, 0.3) is 0 Å². The number of likely N-dealkylation sites (tertiary alicyclic amines) is 1. The van der Waals surface area contributed by atoms with Gasteiger partial charge in [-0.15, -0.1) is 0 Å². The van der Waals surface area contributed by atoms with E-state index in [4.69, 9.17) is 9.52 Å². The zero-order valence-electron chi connectivity index (χ0n) is 13.4. The van der Waals surface area contributed by atoms with Gasteiger partial charge in [0.05, 0.1) is 12.1 Å². The number of hydrogen-bond acceptors (Lipinski definition) is 4. The van der Waals surface area contributed by atoms with E-state index in [2.05, 4.69) is 4.98 Å². The van der Waals surface area contributed by atoms with E-state index in [0.717, 1.165) is 5.56 Å². The second kappa shape index (κ2) is 7.29. The van der Waals surface area contributed by atoms with Crippen LogP contribution in [-0.2, 0) is 16.0 Å². The number of aromatic nitrogens is 1. The van der Waals surface area contributed by atoms with Crippen LogP contribution in [0.15, 0.2) is 40.9 Å². The lowest BCUT2D eigenvalue weighted by molar-refractivity contribution is -0.145. The quantitative estimate of drug-likeness (QED) is 0.912. The van der Waals surface area contributed by atoms with E-state index in [1.807, 2.05) is 30.3 Å². The number of rotatable bonds is 5. The third kappa shape index (κ3) is 3.82. The predicted octanol–water partition coefficient (Wildman–Crippen LogP) is 2.60. The highest BCUT2D eigenvalue weighted by Crippen LogP contribution is 2.21. The maximum Gasteiger partial charge on any atom is 0.306 e. The maximum absolute atomic E-state index is 12.2. The molecule has 1 aromatic heterocycles. The Hall–Kier alpha value is -2.63. The molecule has 1 saturated heterocycles. The molecule has 24 heavy (non-hydrogen) atoms. The molecule has 0 saturated carbocycles. The Balaban J connectivity index is 1.50. The molecule has 0 atom stereocenters. The van der Waals surface area contributed by atoms with Crippen molar-refractivity contribution < 1.29 is 19.1 Å². The number of oxazole rings is 1. The van der Waals surface area contributed by atoms with E-state index in [1.165, 1.54) is 0 Å². The number of carbonyl (C=O) groups excluding carboxylic acids is 1. The minimum Gasteiger partial charge on any atom is -0.481 e. The van der Waals surface area contributed by atoms with Gasteiger partial charge in [-0.05, 0) is 12.8 Å². The molecule has 1 amide bonds. The number of carboxylic acids is 1. The van der Waals surface area contributed by atoms with Gasteiger partial charge in [-0.3, -0.25) is 9.59 Å². The van der Waals surface area contributed by atoms with Crippen molar-refractivity contribution in [2.45, 2.75) is 25.7 Å². The van der Waals surface area contributed by atoms with Gasteiger partial charge in [0.2, 0.25) is 5.91 Å². The van der Waals surface area contributed by atoms with Gasteiger partial charge in [-0.25, -0.2) is 4.98 Å². The number of carboxylic acid groups (broad SMARTS) is 1. The van der Waals surface area contributed by atoms with Crippen molar-refractivity contribution in [1.82, 2.24) is 9.88 Å². The summed E-state index contributed by atoms with van der Waals surface area (Å²) in [5.74, 6) is 0.172. The molecule has 1 aliphatic rings. The second-order valence-electron chi connectivity index (χ2n) is 5.98. The predicted molar refractivity (Wildman–Crippen MR) is 87.2 cm³/mol. The molecule has 6 heteroatoms. The fourth-order valence-corrected chi connectivity index (χ4v) is 2.91. The molecule has 6 nitrogen and oxygen atoms in total. The van der Waals surface area contributed by atoms with Gasteiger partial charge in [0, 0.05) is 31.5 Å². The highest BCUT2D eigenvalue weighted by Gasteiger charge is 2.26. The Morgan fingerprint density at radius 3 is 2.58 bits per heavy atom. The number of aryl methyl sites for hydroxylation is 1. The molecule has 0 unspecified atom stereocenters. The van der Waals surface area contributed by atoms with Crippen LogP contribution in [0.4, 0.5) is 0 Å². The number of nitrogens with zero attached hydrogens (tertiary/aromatic N) is 2. The van der Waals surface area contributed by atoms with Crippen molar-refractivity contribution in [2.24, 2.45) is 5.92 Å². The number of carbonyl (C=O) groups is 2. The van der Waals surface area contributed by atoms with Crippen LogP contribution >= 0.6 is 0 Å². The van der Waals surface area contributed by atoms with Crippen molar-refractivity contribution in [3.63, 3.8) is 0 Å². The number of benzene rings is 1. The van der Waals surface area contributed by atoms with Crippen LogP contribution in [0.3, 0.4) is 0 Å². The molecule has 0 radical (unpaired) electrons. The van der Waals surface area contributed by atoms with Crippen molar-refractivity contribution in [1.29, 1.82) is 0 Å². The molecule has 0 spiro atoms. The van der Waals surface area contributed by atoms with Crippen molar-refractivity contribution in [3.05, 3.63) is 42.4 Å². The molecule has 1 aromatic carbocycles. The average Bonchev–Trinajstić information content (AvgIpc) is 3.09. The lowest BCUT2D eigenvalue weighted by Crippen LogP contribution is -2.40. The standard InChI is InChI=1S/C18H20N2O4/c21-17(20-10-8-14(9-11-20)18(22)23)7-6-16-19-12-15(24-16)13-4-2-1-3-5-13/h1-5,12,14H,6-11H2,(H,22,23). The SMILES string of the molecule is O=C(O)C1CCN(C(=O)CCc2ncc(-c3ccccc3)o2)CC1. The Kier molecular flexibility index (Phi) is 4.93. The van der Waals surface area contributed by atoms with Gasteiger partial charge in [-0.1, -0.05) is 30.3 Å². The van der Waals surface area contributed by atoms with Crippen LogP contribution in [0, 0.1) is 5.92 Å². The molecular weight excluding hydrogens is 308 g/mol. The lowest BCUT2D eigenvalue weighted by Gasteiger charge is -2.30. The van der Waals surface area contributed by atoms with Crippen molar-refractivity contribution in [2.75, 3.05) is 13.1 Å². The fourth-order valence-electron chi connectivity index (χ4n) is 2.91. The first-order valence-corrected chi connectivity index (χ1v) is 8.14. The van der Waals surface area contributed by atoms with Gasteiger partial charge in [0.15, 0.2) is 11.7 Å². The number of piperidine rings is 1. The first-order chi connectivity index (χ1) is 11.6. The number of aliphatic carboxylic acids is 1. The third-order valence-electron chi connectivity index (χ3n) is 4.36. The van der Waals surface area contributed by atoms with E-state index in [0.29, 0.717) is 50.4 Å². The molecule has 3 rings (SSSR count). The Bertz CT molecular complexity index is 703. The molecule has 2 aromatic rings. The van der Waals surface area contributed by atoms with Crippen LogP contribution < -0.4 is 0 Å². The molecule has 126 valence electrons. The first-order valence-electron chi connectivity index (χ1n) is 8.14. The van der Waals surface area contributed by atoms with Crippen molar-refractivity contribution >= 4 is 11.9 Å². The fraction of sp³-hybridized carbons (Fsp3) is 0.389. The Morgan fingerprint density at radius 1 is 1.21 bits per heavy atom. The summed E-state index contributed by atoms with van der Waals surface area (Å²) >= 11 is 0. The highest BCUT2D eigenvalue weighted by molar-refractivity contribution is 5.77. The summed E-state index contributed by atoms with van der Waals surface area (Å²) in [4.78, 5) is 29.1. The summed E-state index contributed by atoms with van der Waals surface area (Å²) in [6.07, 6.45) is 3.50. The van der Waals surface area contributed by atoms with Crippen LogP contribution in [0.1, 0.15) is 25.2 Å². The zero-order valence-corrected chi connectivity index (χ0v) is 13.4. The Labute approximate surface area is 140 Å². The van der Waals surface area contributed by atoms with Gasteiger partial charge < -0.3 is 14.4 Å². The van der Waals surface area contributed by atoms with Crippen LogP contribution in [0.25, 0.3) is 11.3 Å². The average molecular weight is 328 g/mol. The van der Waals surface area contributed by atoms with Crippen molar-refractivity contribution in [3.8, 4) is 11.3 Å². The van der Waals surface area contributed by atoms with E-state index in [1.54, 1.807) is 11.1 Å². The second-order valence-corrected chi connectivity index (χ2v) is 5.98. The number of hydrogen-bond donors (Lipinski definition) is 1. The van der Waals surface area contributed by atoms with E-state index >= 15 is 0 Å². The summed E-state index contributed by atoms with van der Waals surface area (Å²) in [5, 5.41) is 8.99. The molecule has 0 aliphatic carbocycles. The molecule has 1 aliphatic heterocycles. The molecule has 1 N–H and O–H groups in total. The largest absolute Gasteiger partial charge is 0.481 e. The summed E-state index contributed by atoms with van der Waals surface area (Å²) in [5.41, 5.74) is 0.957. The summed E-state index contributed by atoms with van der Waals surface area (Å²) in [6, 6.07) is 9.70. The normalized spacial score (nSPS) is 15.4. The minimum absolute atomic E-state index is 0.0262. The number of amides is 1. The summed E-state index contributed by atoms with van der Waals surface area (Å²) < 4.78 is 5.70. The highest BCUT2D eigenvalue weighted by atomic mass is 16.4.